The Kier molecular flexibility index (Phi) is 7.65. The number of nitrogens with zero attached hydrogens (tertiary/aromatic N) is 2. The van der Waals surface area contributed by atoms with Gasteiger partial charge in [0.1, 0.15) is 0 Å². The van der Waals surface area contributed by atoms with Crippen molar-refractivity contribution in [2.75, 3.05) is 39.4 Å². The molecule has 0 bridgehead atoms. The quantitative estimate of drug-likeness (QED) is 0.670. The van der Waals surface area contributed by atoms with Gasteiger partial charge in [0.15, 0.2) is 0 Å². The lowest BCUT2D eigenvalue weighted by Gasteiger charge is -2.31. The van der Waals surface area contributed by atoms with E-state index in [1.165, 1.54) is 4.90 Å². The Morgan fingerprint density at radius 3 is 2.41 bits per heavy atom. The molecule has 1 heterocycles. The molecule has 1 saturated heterocycles. The van der Waals surface area contributed by atoms with Gasteiger partial charge in [0.25, 0.3) is 0 Å². The van der Waals surface area contributed by atoms with E-state index in [-0.39, 0.29) is 25.3 Å². The van der Waals surface area contributed by atoms with Crippen LogP contribution in [0.5, 0.6) is 0 Å². The summed E-state index contributed by atoms with van der Waals surface area (Å²) in [6.45, 7) is 5.16. The summed E-state index contributed by atoms with van der Waals surface area (Å²) in [5, 5.41) is 11.6. The molecule has 0 radical (unpaired) electrons. The van der Waals surface area contributed by atoms with Gasteiger partial charge in [-0.05, 0) is 26.7 Å². The van der Waals surface area contributed by atoms with Crippen molar-refractivity contribution in [2.45, 2.75) is 32.7 Å². The molecule has 1 aliphatic rings. The van der Waals surface area contributed by atoms with Crippen LogP contribution >= 0.6 is 0 Å². The van der Waals surface area contributed by atoms with Gasteiger partial charge in [-0.25, -0.2) is 4.79 Å². The SMILES string of the molecule is CCOC(=O)N1CCC(NC(=O)C(=O)N(CC)CCO)CC1. The summed E-state index contributed by atoms with van der Waals surface area (Å²) in [6, 6.07) is -0.130. The van der Waals surface area contributed by atoms with Gasteiger partial charge >= 0.3 is 17.9 Å². The minimum Gasteiger partial charge on any atom is -0.450 e. The molecule has 1 aliphatic heterocycles. The average Bonchev–Trinajstić information content (AvgIpc) is 2.52. The highest BCUT2D eigenvalue weighted by Crippen LogP contribution is 2.11. The largest absolute Gasteiger partial charge is 0.450 e. The fourth-order valence-corrected chi connectivity index (χ4v) is 2.34. The number of carbonyl (C=O) groups excluding carboxylic acids is 3. The molecule has 8 nitrogen and oxygen atoms in total. The van der Waals surface area contributed by atoms with E-state index in [1.807, 2.05) is 0 Å². The molecule has 1 rings (SSSR count). The zero-order chi connectivity index (χ0) is 16.5. The van der Waals surface area contributed by atoms with Crippen LogP contribution in [0.4, 0.5) is 4.79 Å². The summed E-state index contributed by atoms with van der Waals surface area (Å²) in [7, 11) is 0. The van der Waals surface area contributed by atoms with Crippen LogP contribution in [0.25, 0.3) is 0 Å². The van der Waals surface area contributed by atoms with Crippen LogP contribution in [0, 0.1) is 0 Å². The normalized spacial score (nSPS) is 15.3. The number of ether oxygens (including phenoxy) is 1. The maximum absolute atomic E-state index is 11.9. The number of likely N-dealkylation sites (tertiary alicyclic amines) is 1. The lowest BCUT2D eigenvalue weighted by molar-refractivity contribution is -0.146. The van der Waals surface area contributed by atoms with E-state index in [0.29, 0.717) is 39.1 Å². The fourth-order valence-electron chi connectivity index (χ4n) is 2.34. The smallest absolute Gasteiger partial charge is 0.409 e. The molecular weight excluding hydrogens is 290 g/mol. The van der Waals surface area contributed by atoms with E-state index in [4.69, 9.17) is 9.84 Å². The van der Waals surface area contributed by atoms with E-state index in [0.717, 1.165) is 0 Å². The van der Waals surface area contributed by atoms with Gasteiger partial charge in [-0.15, -0.1) is 0 Å². The number of nitrogens with one attached hydrogen (secondary N) is 1. The number of likely N-dealkylation sites (N-methyl/N-ethyl adjacent to an activating group) is 1. The van der Waals surface area contributed by atoms with E-state index in [2.05, 4.69) is 5.32 Å². The minimum atomic E-state index is -0.662. The van der Waals surface area contributed by atoms with Gasteiger partial charge < -0.3 is 25.0 Å². The number of aliphatic hydroxyl groups excluding tert-OH is 1. The van der Waals surface area contributed by atoms with Crippen LogP contribution in [0.3, 0.4) is 0 Å². The van der Waals surface area contributed by atoms with E-state index in [1.54, 1.807) is 18.7 Å². The minimum absolute atomic E-state index is 0.130. The maximum atomic E-state index is 11.9. The second kappa shape index (κ2) is 9.24. The first kappa shape index (κ1) is 18.2. The van der Waals surface area contributed by atoms with Crippen LogP contribution in [0.15, 0.2) is 0 Å². The Labute approximate surface area is 130 Å². The molecule has 0 aromatic heterocycles. The fraction of sp³-hybridized carbons (Fsp3) is 0.786. The summed E-state index contributed by atoms with van der Waals surface area (Å²) in [5.74, 6) is -1.30. The van der Waals surface area contributed by atoms with Crippen LogP contribution in [-0.4, -0.2) is 78.2 Å². The molecule has 22 heavy (non-hydrogen) atoms. The number of aliphatic hydroxyl groups is 1. The first-order valence-corrected chi connectivity index (χ1v) is 7.65. The lowest BCUT2D eigenvalue weighted by Crippen LogP contribution is -2.51. The zero-order valence-electron chi connectivity index (χ0n) is 13.2. The second-order valence-electron chi connectivity index (χ2n) is 5.04. The molecule has 0 saturated carbocycles. The highest BCUT2D eigenvalue weighted by Gasteiger charge is 2.27. The predicted molar refractivity (Wildman–Crippen MR) is 79.1 cm³/mol. The van der Waals surface area contributed by atoms with Gasteiger partial charge in [-0.3, -0.25) is 9.59 Å². The van der Waals surface area contributed by atoms with Crippen molar-refractivity contribution in [1.82, 2.24) is 15.1 Å². The van der Waals surface area contributed by atoms with E-state index < -0.39 is 11.8 Å². The third-order valence-corrected chi connectivity index (χ3v) is 3.59. The summed E-state index contributed by atoms with van der Waals surface area (Å²) in [4.78, 5) is 38.3. The molecule has 0 aromatic rings. The van der Waals surface area contributed by atoms with Crippen molar-refractivity contribution >= 4 is 17.9 Å². The van der Waals surface area contributed by atoms with Crippen molar-refractivity contribution in [1.29, 1.82) is 0 Å². The van der Waals surface area contributed by atoms with Crippen LogP contribution in [0.2, 0.25) is 0 Å². The molecular formula is C14H25N3O5. The molecule has 3 amide bonds. The predicted octanol–water partition coefficient (Wildman–Crippen LogP) is -0.436. The number of amides is 3. The second-order valence-corrected chi connectivity index (χ2v) is 5.04. The van der Waals surface area contributed by atoms with Gasteiger partial charge in [-0.2, -0.15) is 0 Å². The Morgan fingerprint density at radius 2 is 1.91 bits per heavy atom. The summed E-state index contributed by atoms with van der Waals surface area (Å²) < 4.78 is 4.92. The molecule has 0 spiro atoms. The molecule has 2 N–H and O–H groups in total. The van der Waals surface area contributed by atoms with Crippen molar-refractivity contribution in [3.8, 4) is 0 Å². The van der Waals surface area contributed by atoms with E-state index >= 15 is 0 Å². The van der Waals surface area contributed by atoms with Crippen molar-refractivity contribution in [3.05, 3.63) is 0 Å². The number of piperidine rings is 1. The standard InChI is InChI=1S/C14H25N3O5/c1-3-16(9-10-18)13(20)12(19)15-11-5-7-17(8-6-11)14(21)22-4-2/h11,18H,3-10H2,1-2H3,(H,15,19). The number of hydrogen-bond donors (Lipinski definition) is 2. The van der Waals surface area contributed by atoms with E-state index in [9.17, 15) is 14.4 Å². The van der Waals surface area contributed by atoms with Crippen LogP contribution in [0.1, 0.15) is 26.7 Å². The molecule has 0 aliphatic carbocycles. The van der Waals surface area contributed by atoms with Gasteiger partial charge in [0.2, 0.25) is 0 Å². The third kappa shape index (κ3) is 5.18. The number of hydrogen-bond acceptors (Lipinski definition) is 5. The Morgan fingerprint density at radius 1 is 1.27 bits per heavy atom. The highest BCUT2D eigenvalue weighted by atomic mass is 16.6. The van der Waals surface area contributed by atoms with Gasteiger partial charge in [0.05, 0.1) is 13.2 Å². The molecule has 126 valence electrons. The third-order valence-electron chi connectivity index (χ3n) is 3.59. The lowest BCUT2D eigenvalue weighted by atomic mass is 10.1. The molecule has 8 heteroatoms. The Balaban J connectivity index is 2.41. The zero-order valence-corrected chi connectivity index (χ0v) is 13.2. The molecule has 0 unspecified atom stereocenters. The molecule has 1 fully saturated rings. The summed E-state index contributed by atoms with van der Waals surface area (Å²) in [6.07, 6.45) is 0.831. The van der Waals surface area contributed by atoms with Gasteiger partial charge in [-0.1, -0.05) is 0 Å². The van der Waals surface area contributed by atoms with Crippen molar-refractivity contribution in [2.24, 2.45) is 0 Å². The summed E-state index contributed by atoms with van der Waals surface area (Å²) >= 11 is 0. The van der Waals surface area contributed by atoms with Crippen LogP contribution < -0.4 is 5.32 Å². The maximum Gasteiger partial charge on any atom is 0.409 e. The van der Waals surface area contributed by atoms with Gasteiger partial charge in [0, 0.05) is 32.2 Å². The van der Waals surface area contributed by atoms with Crippen LogP contribution in [-0.2, 0) is 14.3 Å². The summed E-state index contributed by atoms with van der Waals surface area (Å²) in [5.41, 5.74) is 0. The topological polar surface area (TPSA) is 99.2 Å². The number of carbonyl (C=O) groups is 3. The number of rotatable bonds is 5. The first-order valence-electron chi connectivity index (χ1n) is 7.65. The Bertz CT molecular complexity index is 394. The first-order chi connectivity index (χ1) is 10.5. The average molecular weight is 315 g/mol. The molecule has 0 atom stereocenters. The molecule has 0 aromatic carbocycles. The Hall–Kier alpha value is -1.83. The highest BCUT2D eigenvalue weighted by molar-refractivity contribution is 6.35. The van der Waals surface area contributed by atoms with Crippen molar-refractivity contribution in [3.63, 3.8) is 0 Å². The van der Waals surface area contributed by atoms with Crippen molar-refractivity contribution < 1.29 is 24.2 Å². The monoisotopic (exact) mass is 315 g/mol.